The summed E-state index contributed by atoms with van der Waals surface area (Å²) in [5.41, 5.74) is 3.72. The third kappa shape index (κ3) is 2.63. The molecule has 1 heterocycles. The number of aryl methyl sites for hydroxylation is 1. The van der Waals surface area contributed by atoms with Crippen LogP contribution in [0.3, 0.4) is 0 Å². The zero-order valence-corrected chi connectivity index (χ0v) is 13.0. The Hall–Kier alpha value is -2.88. The second-order valence-electron chi connectivity index (χ2n) is 5.66. The Morgan fingerprint density at radius 1 is 1.04 bits per heavy atom. The molecule has 0 aliphatic carbocycles. The maximum absolute atomic E-state index is 12.9. The van der Waals surface area contributed by atoms with Gasteiger partial charge in [0.25, 0.3) is 5.91 Å². The molecule has 3 rings (SSSR count). The van der Waals surface area contributed by atoms with Gasteiger partial charge in [-0.25, -0.2) is 0 Å². The molecule has 0 aliphatic rings. The van der Waals surface area contributed by atoms with Gasteiger partial charge >= 0.3 is 5.97 Å². The van der Waals surface area contributed by atoms with Gasteiger partial charge in [0.1, 0.15) is 0 Å². The van der Waals surface area contributed by atoms with Crippen molar-refractivity contribution in [2.75, 3.05) is 0 Å². The van der Waals surface area contributed by atoms with Crippen molar-refractivity contribution < 1.29 is 14.7 Å². The zero-order valence-electron chi connectivity index (χ0n) is 13.0. The highest BCUT2D eigenvalue weighted by Crippen LogP contribution is 2.27. The topological polar surface area (TPSA) is 59.3 Å². The summed E-state index contributed by atoms with van der Waals surface area (Å²) < 4.78 is 1.61. The number of carbonyl (C=O) groups excluding carboxylic acids is 1. The van der Waals surface area contributed by atoms with Gasteiger partial charge in [-0.1, -0.05) is 35.9 Å². The standard InChI is InChI=1S/C19H17NO3/c1-12-6-5-7-14(10-12)19(23)20-13(2)16(11-18(21)22)15-8-3-4-9-17(15)20/h3-10H,11H2,1-2H3,(H,21,22). The molecular weight excluding hydrogens is 290 g/mol. The Labute approximate surface area is 134 Å². The molecule has 1 N–H and O–H groups in total. The lowest BCUT2D eigenvalue weighted by Crippen LogP contribution is -2.14. The summed E-state index contributed by atoms with van der Waals surface area (Å²) in [5, 5.41) is 9.97. The summed E-state index contributed by atoms with van der Waals surface area (Å²) in [6.07, 6.45) is -0.0968. The summed E-state index contributed by atoms with van der Waals surface area (Å²) in [5.74, 6) is -1.04. The van der Waals surface area contributed by atoms with E-state index in [1.165, 1.54) is 0 Å². The average molecular weight is 307 g/mol. The van der Waals surface area contributed by atoms with Crippen LogP contribution in [0.25, 0.3) is 10.9 Å². The number of carbonyl (C=O) groups is 2. The van der Waals surface area contributed by atoms with Crippen molar-refractivity contribution in [3.05, 3.63) is 70.9 Å². The Bertz CT molecular complexity index is 922. The van der Waals surface area contributed by atoms with Crippen LogP contribution in [-0.4, -0.2) is 21.6 Å². The van der Waals surface area contributed by atoms with Crippen LogP contribution in [0, 0.1) is 13.8 Å². The Morgan fingerprint density at radius 3 is 2.48 bits per heavy atom. The number of para-hydroxylation sites is 1. The molecule has 0 atom stereocenters. The number of nitrogens with zero attached hydrogens (tertiary/aromatic N) is 1. The molecule has 0 radical (unpaired) electrons. The van der Waals surface area contributed by atoms with E-state index in [1.807, 2.05) is 49.4 Å². The minimum atomic E-state index is -0.904. The second-order valence-corrected chi connectivity index (χ2v) is 5.66. The van der Waals surface area contributed by atoms with Gasteiger partial charge in [0.05, 0.1) is 11.9 Å². The van der Waals surface area contributed by atoms with Gasteiger partial charge in [0, 0.05) is 16.6 Å². The fraction of sp³-hybridized carbons (Fsp3) is 0.158. The molecule has 0 amide bonds. The van der Waals surface area contributed by atoms with Crippen LogP contribution in [-0.2, 0) is 11.2 Å². The van der Waals surface area contributed by atoms with Crippen LogP contribution in [0.15, 0.2) is 48.5 Å². The fourth-order valence-corrected chi connectivity index (χ4v) is 2.98. The molecule has 0 fully saturated rings. The average Bonchev–Trinajstić information content (AvgIpc) is 2.79. The first kappa shape index (κ1) is 15.0. The highest BCUT2D eigenvalue weighted by molar-refractivity contribution is 6.04. The summed E-state index contributed by atoms with van der Waals surface area (Å²) >= 11 is 0. The molecule has 0 saturated heterocycles. The molecule has 4 heteroatoms. The number of fused-ring (bicyclic) bond motifs is 1. The lowest BCUT2D eigenvalue weighted by atomic mass is 10.1. The molecule has 0 unspecified atom stereocenters. The van der Waals surface area contributed by atoms with E-state index in [0.717, 1.165) is 16.5 Å². The molecule has 4 nitrogen and oxygen atoms in total. The van der Waals surface area contributed by atoms with Gasteiger partial charge in [-0.3, -0.25) is 14.2 Å². The van der Waals surface area contributed by atoms with Gasteiger partial charge in [-0.2, -0.15) is 0 Å². The minimum Gasteiger partial charge on any atom is -0.481 e. The number of hydrogen-bond acceptors (Lipinski definition) is 2. The fourth-order valence-electron chi connectivity index (χ4n) is 2.98. The summed E-state index contributed by atoms with van der Waals surface area (Å²) in [6.45, 7) is 3.74. The Morgan fingerprint density at radius 2 is 1.78 bits per heavy atom. The number of carboxylic acids is 1. The third-order valence-corrected chi connectivity index (χ3v) is 4.04. The highest BCUT2D eigenvalue weighted by atomic mass is 16.4. The lowest BCUT2D eigenvalue weighted by molar-refractivity contribution is -0.136. The van der Waals surface area contributed by atoms with E-state index in [-0.39, 0.29) is 12.3 Å². The van der Waals surface area contributed by atoms with Gasteiger partial charge in [-0.05, 0) is 37.6 Å². The first-order chi connectivity index (χ1) is 11.0. The van der Waals surface area contributed by atoms with E-state index in [2.05, 4.69) is 0 Å². The Balaban J connectivity index is 2.23. The molecule has 0 bridgehead atoms. The normalized spacial score (nSPS) is 10.9. The van der Waals surface area contributed by atoms with E-state index >= 15 is 0 Å². The largest absolute Gasteiger partial charge is 0.481 e. The predicted molar refractivity (Wildman–Crippen MR) is 88.9 cm³/mol. The molecule has 0 aliphatic heterocycles. The quantitative estimate of drug-likeness (QED) is 0.804. The van der Waals surface area contributed by atoms with E-state index in [0.29, 0.717) is 16.8 Å². The van der Waals surface area contributed by atoms with Crippen molar-refractivity contribution in [3.8, 4) is 0 Å². The number of aliphatic carboxylic acids is 1. The minimum absolute atomic E-state index is 0.0968. The summed E-state index contributed by atoms with van der Waals surface area (Å²) in [4.78, 5) is 24.1. The van der Waals surface area contributed by atoms with Crippen LogP contribution >= 0.6 is 0 Å². The first-order valence-corrected chi connectivity index (χ1v) is 7.41. The third-order valence-electron chi connectivity index (χ3n) is 4.04. The van der Waals surface area contributed by atoms with Crippen LogP contribution in [0.5, 0.6) is 0 Å². The molecule has 0 spiro atoms. The maximum Gasteiger partial charge on any atom is 0.307 e. The van der Waals surface area contributed by atoms with Crippen LogP contribution < -0.4 is 0 Å². The van der Waals surface area contributed by atoms with Crippen molar-refractivity contribution >= 4 is 22.8 Å². The summed E-state index contributed by atoms with van der Waals surface area (Å²) in [7, 11) is 0. The van der Waals surface area contributed by atoms with Crippen LogP contribution in [0.4, 0.5) is 0 Å². The van der Waals surface area contributed by atoms with Gasteiger partial charge < -0.3 is 5.11 Å². The van der Waals surface area contributed by atoms with Crippen LogP contribution in [0.2, 0.25) is 0 Å². The smallest absolute Gasteiger partial charge is 0.307 e. The van der Waals surface area contributed by atoms with Gasteiger partial charge in [0.15, 0.2) is 0 Å². The van der Waals surface area contributed by atoms with E-state index in [1.54, 1.807) is 17.6 Å². The highest BCUT2D eigenvalue weighted by Gasteiger charge is 2.20. The number of benzene rings is 2. The molecule has 116 valence electrons. The van der Waals surface area contributed by atoms with E-state index in [9.17, 15) is 9.59 Å². The number of aromatic nitrogens is 1. The number of carboxylic acid groups (broad SMARTS) is 1. The molecule has 3 aromatic rings. The maximum atomic E-state index is 12.9. The lowest BCUT2D eigenvalue weighted by Gasteiger charge is -2.08. The van der Waals surface area contributed by atoms with E-state index < -0.39 is 5.97 Å². The molecule has 23 heavy (non-hydrogen) atoms. The van der Waals surface area contributed by atoms with Crippen molar-refractivity contribution in [2.45, 2.75) is 20.3 Å². The molecule has 1 aromatic heterocycles. The molecule has 2 aromatic carbocycles. The number of hydrogen-bond donors (Lipinski definition) is 1. The zero-order chi connectivity index (χ0) is 16.6. The van der Waals surface area contributed by atoms with Crippen molar-refractivity contribution in [1.82, 2.24) is 4.57 Å². The molecule has 0 saturated carbocycles. The van der Waals surface area contributed by atoms with E-state index in [4.69, 9.17) is 5.11 Å². The number of rotatable bonds is 3. The predicted octanol–water partition coefficient (Wildman–Crippen LogP) is 3.57. The monoisotopic (exact) mass is 307 g/mol. The second kappa shape index (κ2) is 5.72. The van der Waals surface area contributed by atoms with Gasteiger partial charge in [-0.15, -0.1) is 0 Å². The van der Waals surface area contributed by atoms with Crippen molar-refractivity contribution in [1.29, 1.82) is 0 Å². The van der Waals surface area contributed by atoms with Crippen molar-refractivity contribution in [3.63, 3.8) is 0 Å². The van der Waals surface area contributed by atoms with Gasteiger partial charge in [0.2, 0.25) is 0 Å². The van der Waals surface area contributed by atoms with Crippen LogP contribution in [0.1, 0.15) is 27.2 Å². The first-order valence-electron chi connectivity index (χ1n) is 7.41. The Kier molecular flexibility index (Phi) is 3.74. The molecular formula is C19H17NO3. The van der Waals surface area contributed by atoms with Crippen molar-refractivity contribution in [2.24, 2.45) is 0 Å². The SMILES string of the molecule is Cc1cccc(C(=O)n2c(C)c(CC(=O)O)c3ccccc32)c1. The summed E-state index contributed by atoms with van der Waals surface area (Å²) in [6, 6.07) is 14.8.